The number of benzene rings is 1. The van der Waals surface area contributed by atoms with Gasteiger partial charge in [0.2, 0.25) is 5.91 Å². The largest absolute Gasteiger partial charge is 0.379 e. The first-order chi connectivity index (χ1) is 20.6. The molecular weight excluding hydrogens is 538 g/mol. The van der Waals surface area contributed by atoms with Crippen LogP contribution in [0.5, 0.6) is 0 Å². The van der Waals surface area contributed by atoms with E-state index >= 15 is 0 Å². The number of hydrogen-bond acceptors (Lipinski definition) is 6. The zero-order valence-corrected chi connectivity index (χ0v) is 28.5. The van der Waals surface area contributed by atoms with E-state index in [1.54, 1.807) is 14.0 Å². The van der Waals surface area contributed by atoms with Gasteiger partial charge >= 0.3 is 0 Å². The van der Waals surface area contributed by atoms with Crippen molar-refractivity contribution in [3.63, 3.8) is 0 Å². The molecule has 0 unspecified atom stereocenters. The van der Waals surface area contributed by atoms with Crippen molar-refractivity contribution in [1.29, 1.82) is 0 Å². The number of piperidine rings is 1. The van der Waals surface area contributed by atoms with Crippen molar-refractivity contribution in [1.82, 2.24) is 20.0 Å². The summed E-state index contributed by atoms with van der Waals surface area (Å²) >= 11 is 0. The molecule has 1 aliphatic carbocycles. The molecule has 1 amide bonds. The second kappa shape index (κ2) is 18.2. The molecule has 1 saturated carbocycles. The average molecular weight is 598 g/mol. The van der Waals surface area contributed by atoms with Gasteiger partial charge in [-0.05, 0) is 84.7 Å². The number of aldehydes is 1. The van der Waals surface area contributed by atoms with Crippen molar-refractivity contribution in [2.45, 2.75) is 124 Å². The van der Waals surface area contributed by atoms with Gasteiger partial charge in [0.1, 0.15) is 6.29 Å². The van der Waals surface area contributed by atoms with E-state index in [1.807, 2.05) is 70.8 Å². The maximum absolute atomic E-state index is 11.5. The lowest BCUT2D eigenvalue weighted by Gasteiger charge is -2.33. The van der Waals surface area contributed by atoms with Crippen molar-refractivity contribution in [2.75, 3.05) is 38.7 Å². The molecule has 43 heavy (non-hydrogen) atoms. The fourth-order valence-corrected chi connectivity index (χ4v) is 5.70. The molecule has 0 radical (unpaired) electrons. The topological polar surface area (TPSA) is 79.7 Å². The second-order valence-corrected chi connectivity index (χ2v) is 12.5. The molecule has 3 heterocycles. The molecule has 2 aromatic rings. The van der Waals surface area contributed by atoms with Gasteiger partial charge in [-0.3, -0.25) is 14.3 Å². The Labute approximate surface area is 261 Å². The first-order valence-electron chi connectivity index (χ1n) is 16.4. The van der Waals surface area contributed by atoms with E-state index in [0.717, 1.165) is 50.1 Å². The summed E-state index contributed by atoms with van der Waals surface area (Å²) in [5.41, 5.74) is 5.81. The van der Waals surface area contributed by atoms with Gasteiger partial charge in [0.05, 0.1) is 17.3 Å². The zero-order valence-electron chi connectivity index (χ0n) is 28.5. The van der Waals surface area contributed by atoms with Crippen LogP contribution in [0.15, 0.2) is 24.3 Å². The first-order valence-corrected chi connectivity index (χ1v) is 16.4. The highest BCUT2D eigenvalue weighted by Gasteiger charge is 2.28. The molecule has 242 valence electrons. The van der Waals surface area contributed by atoms with Crippen LogP contribution in [0.1, 0.15) is 120 Å². The Bertz CT molecular complexity index is 1090. The molecule has 0 spiro atoms. The highest BCUT2D eigenvalue weighted by molar-refractivity contribution is 5.75. The Balaban J connectivity index is 0.000000244. The number of aryl methyl sites for hydroxylation is 1. The molecule has 1 N–H and O–H groups in total. The van der Waals surface area contributed by atoms with Gasteiger partial charge in [-0.15, -0.1) is 0 Å². The van der Waals surface area contributed by atoms with Crippen molar-refractivity contribution < 1.29 is 14.3 Å². The lowest BCUT2D eigenvalue weighted by atomic mass is 9.95. The molecule has 0 atom stereocenters. The maximum Gasteiger partial charge on any atom is 0.219 e. The number of fused-ring (bicyclic) bond motifs is 1. The van der Waals surface area contributed by atoms with Crippen LogP contribution >= 0.6 is 0 Å². The second-order valence-electron chi connectivity index (χ2n) is 12.5. The van der Waals surface area contributed by atoms with E-state index in [9.17, 15) is 9.59 Å². The van der Waals surface area contributed by atoms with Crippen molar-refractivity contribution >= 4 is 17.9 Å². The normalized spacial score (nSPS) is 17.3. The minimum absolute atomic E-state index is 0.0417. The smallest absolute Gasteiger partial charge is 0.219 e. The zero-order chi connectivity index (χ0) is 32.0. The van der Waals surface area contributed by atoms with Crippen molar-refractivity contribution in [3.05, 3.63) is 46.8 Å². The summed E-state index contributed by atoms with van der Waals surface area (Å²) in [6.07, 6.45) is 10.8. The van der Waals surface area contributed by atoms with Gasteiger partial charge in [0.25, 0.3) is 0 Å². The quantitative estimate of drug-likeness (QED) is 0.393. The summed E-state index contributed by atoms with van der Waals surface area (Å²) in [7, 11) is 3.74. The van der Waals surface area contributed by atoms with Crippen molar-refractivity contribution in [3.8, 4) is 0 Å². The monoisotopic (exact) mass is 597 g/mol. The van der Waals surface area contributed by atoms with E-state index in [0.29, 0.717) is 12.1 Å². The number of ether oxygens (including phenoxy) is 1. The minimum atomic E-state index is 0.0417. The predicted molar refractivity (Wildman–Crippen MR) is 178 cm³/mol. The summed E-state index contributed by atoms with van der Waals surface area (Å²) in [4.78, 5) is 26.4. The first kappa shape index (κ1) is 36.5. The molecule has 1 aromatic heterocycles. The summed E-state index contributed by atoms with van der Waals surface area (Å²) in [5.74, 6) is 0.176. The van der Waals surface area contributed by atoms with Gasteiger partial charge in [0.15, 0.2) is 0 Å². The highest BCUT2D eigenvalue weighted by atomic mass is 16.5. The summed E-state index contributed by atoms with van der Waals surface area (Å²) in [6.45, 7) is 17.6. The van der Waals surface area contributed by atoms with Crippen molar-refractivity contribution in [2.24, 2.45) is 0 Å². The number of carbonyl (C=O) groups excluding carboxylic acids is 2. The number of rotatable bonds is 4. The van der Waals surface area contributed by atoms with E-state index in [4.69, 9.17) is 9.84 Å². The number of nitrogens with zero attached hydrogens (tertiary/aromatic N) is 4. The number of nitrogens with one attached hydrogen (secondary N) is 1. The Morgan fingerprint density at radius 1 is 1.00 bits per heavy atom. The van der Waals surface area contributed by atoms with Crippen LogP contribution in [0.25, 0.3) is 0 Å². The Morgan fingerprint density at radius 2 is 1.58 bits per heavy atom. The van der Waals surface area contributed by atoms with Gasteiger partial charge in [0, 0.05) is 75.2 Å². The Kier molecular flexibility index (Phi) is 15.4. The molecule has 1 saturated heterocycles. The lowest BCUT2D eigenvalue weighted by molar-refractivity contribution is -0.129. The van der Waals surface area contributed by atoms with E-state index in [1.165, 1.54) is 61.9 Å². The summed E-state index contributed by atoms with van der Waals surface area (Å²) < 4.78 is 7.23. The summed E-state index contributed by atoms with van der Waals surface area (Å²) in [5, 5.41) is 8.11. The fraction of sp³-hybridized carbons (Fsp3) is 0.686. The van der Waals surface area contributed by atoms with Crippen LogP contribution in [0.3, 0.4) is 0 Å². The van der Waals surface area contributed by atoms with Crippen LogP contribution < -0.4 is 10.2 Å². The van der Waals surface area contributed by atoms with Crippen LogP contribution in [0.4, 0.5) is 5.69 Å². The number of carbonyl (C=O) groups is 2. The molecule has 8 nitrogen and oxygen atoms in total. The average Bonchev–Trinajstić information content (AvgIpc) is 3.38. The lowest BCUT2D eigenvalue weighted by Crippen LogP contribution is -2.41. The van der Waals surface area contributed by atoms with Crippen LogP contribution in [-0.4, -0.2) is 72.3 Å². The minimum Gasteiger partial charge on any atom is -0.379 e. The summed E-state index contributed by atoms with van der Waals surface area (Å²) in [6, 6.07) is 9.08. The molecule has 8 heteroatoms. The van der Waals surface area contributed by atoms with Crippen LogP contribution in [0, 0.1) is 6.92 Å². The fourth-order valence-electron chi connectivity index (χ4n) is 5.70. The highest BCUT2D eigenvalue weighted by Crippen LogP contribution is 2.32. The Morgan fingerprint density at radius 3 is 2.07 bits per heavy atom. The van der Waals surface area contributed by atoms with Crippen LogP contribution in [0.2, 0.25) is 0 Å². The molecular formula is C35H59N5O3. The third-order valence-corrected chi connectivity index (χ3v) is 8.56. The molecule has 2 aliphatic heterocycles. The third kappa shape index (κ3) is 11.4. The molecule has 0 bridgehead atoms. The SMILES string of the molecule is CC.CC(=O)N1CCc2c(c(C)nn2C2CCCCC2)C1.CNC1CCN(c2ccc(C=O)cc2)CC1.COC(C)(C)C. The van der Waals surface area contributed by atoms with Gasteiger partial charge < -0.3 is 19.9 Å². The molecule has 2 fully saturated rings. The Hall–Kier alpha value is -2.71. The van der Waals surface area contributed by atoms with Crippen LogP contribution in [-0.2, 0) is 22.5 Å². The van der Waals surface area contributed by atoms with Gasteiger partial charge in [-0.1, -0.05) is 33.1 Å². The number of methoxy groups -OCH3 is 1. The number of aromatic nitrogens is 2. The van der Waals surface area contributed by atoms with E-state index in [2.05, 4.69) is 21.8 Å². The van der Waals surface area contributed by atoms with Gasteiger partial charge in [-0.25, -0.2) is 0 Å². The van der Waals surface area contributed by atoms with Gasteiger partial charge in [-0.2, -0.15) is 5.10 Å². The van der Waals surface area contributed by atoms with E-state index in [-0.39, 0.29) is 11.5 Å². The molecule has 5 rings (SSSR count). The standard InChI is InChI=1S/C15H23N3O.C13H18N2O.C5H12O.C2H6/c1-11-14-10-17(12(2)19)9-8-15(14)18(16-11)13-6-4-3-5-7-13;1-14-12-6-8-15(9-7-12)13-4-2-11(10-16)3-5-13;1-5(2,3)6-4;1-2/h13H,3-10H2,1-2H3;2-5,10,12,14H,6-9H2,1H3;1-4H3;1-2H3. The van der Waals surface area contributed by atoms with E-state index < -0.39 is 0 Å². The molecule has 1 aromatic carbocycles. The number of amides is 1. The number of hydrogen-bond donors (Lipinski definition) is 1. The molecule has 3 aliphatic rings. The predicted octanol–water partition coefficient (Wildman–Crippen LogP) is 6.75. The number of anilines is 1. The third-order valence-electron chi connectivity index (χ3n) is 8.56. The maximum atomic E-state index is 11.5.